The van der Waals surface area contributed by atoms with Gasteiger partial charge in [0.05, 0.1) is 0 Å². The summed E-state index contributed by atoms with van der Waals surface area (Å²) in [5.74, 6) is 0.574. The van der Waals surface area contributed by atoms with Crippen LogP contribution in [0.5, 0.6) is 0 Å². The van der Waals surface area contributed by atoms with Gasteiger partial charge in [-0.15, -0.1) is 0 Å². The number of likely N-dealkylation sites (N-methyl/N-ethyl adjacent to an activating group) is 1. The summed E-state index contributed by atoms with van der Waals surface area (Å²) in [5, 5.41) is 3.38. The third-order valence-electron chi connectivity index (χ3n) is 3.56. The normalized spacial score (nSPS) is 12.7. The summed E-state index contributed by atoms with van der Waals surface area (Å²) in [6, 6.07) is 13.3. The van der Waals surface area contributed by atoms with Crippen LogP contribution in [0.4, 0.5) is 0 Å². The predicted molar refractivity (Wildman–Crippen MR) is 88.0 cm³/mol. The molecule has 1 atom stereocenters. The molecule has 0 saturated carbocycles. The minimum Gasteiger partial charge on any atom is -0.313 e. The quantitative estimate of drug-likeness (QED) is 0.873. The second kappa shape index (κ2) is 7.00. The van der Waals surface area contributed by atoms with Crippen molar-refractivity contribution in [3.05, 3.63) is 63.9 Å². The zero-order valence-corrected chi connectivity index (χ0v) is 13.8. The smallest absolute Gasteiger partial charge is 0.0423 e. The van der Waals surface area contributed by atoms with Crippen molar-refractivity contribution in [2.24, 2.45) is 0 Å². The first-order valence-corrected chi connectivity index (χ1v) is 7.77. The summed E-state index contributed by atoms with van der Waals surface area (Å²) in [6.45, 7) is 4.44. The highest BCUT2D eigenvalue weighted by Crippen LogP contribution is 2.21. The van der Waals surface area contributed by atoms with E-state index in [1.807, 2.05) is 19.3 Å². The highest BCUT2D eigenvalue weighted by Gasteiger charge is 2.11. The molecular formula is C17H21BrN2. The van der Waals surface area contributed by atoms with Gasteiger partial charge in [0.15, 0.2) is 0 Å². The van der Waals surface area contributed by atoms with Crippen LogP contribution in [0.25, 0.3) is 0 Å². The molecule has 1 N–H and O–H groups in total. The molecule has 0 aliphatic carbocycles. The molecule has 1 aromatic carbocycles. The Hall–Kier alpha value is -1.19. The van der Waals surface area contributed by atoms with Gasteiger partial charge in [0.1, 0.15) is 0 Å². The first-order chi connectivity index (χ1) is 9.60. The molecule has 0 saturated heterocycles. The lowest BCUT2D eigenvalue weighted by Gasteiger charge is -2.17. The van der Waals surface area contributed by atoms with E-state index < -0.39 is 0 Å². The number of nitrogens with zero attached hydrogens (tertiary/aromatic N) is 1. The van der Waals surface area contributed by atoms with Gasteiger partial charge in [-0.25, -0.2) is 0 Å². The molecule has 106 valence electrons. The van der Waals surface area contributed by atoms with Crippen molar-refractivity contribution < 1.29 is 0 Å². The number of aromatic nitrogens is 1. The van der Waals surface area contributed by atoms with Gasteiger partial charge < -0.3 is 5.32 Å². The number of benzene rings is 1. The topological polar surface area (TPSA) is 24.9 Å². The molecule has 0 aliphatic rings. The van der Waals surface area contributed by atoms with Crippen molar-refractivity contribution in [1.82, 2.24) is 10.3 Å². The number of rotatable bonds is 5. The van der Waals surface area contributed by atoms with E-state index in [2.05, 4.69) is 70.4 Å². The third kappa shape index (κ3) is 3.90. The van der Waals surface area contributed by atoms with Crippen molar-refractivity contribution in [1.29, 1.82) is 0 Å². The van der Waals surface area contributed by atoms with Crippen molar-refractivity contribution in [3.63, 3.8) is 0 Å². The van der Waals surface area contributed by atoms with Crippen LogP contribution in [0, 0.1) is 0 Å². The summed E-state index contributed by atoms with van der Waals surface area (Å²) < 4.78 is 1.02. The fraction of sp³-hybridized carbons (Fsp3) is 0.353. The Balaban J connectivity index is 2.13. The van der Waals surface area contributed by atoms with E-state index in [0.717, 1.165) is 16.6 Å². The molecule has 0 amide bonds. The number of nitrogens with one attached hydrogen (secondary N) is 1. The maximum absolute atomic E-state index is 4.45. The minimum atomic E-state index is 0.296. The Labute approximate surface area is 129 Å². The van der Waals surface area contributed by atoms with Crippen LogP contribution >= 0.6 is 15.9 Å². The molecule has 0 spiro atoms. The van der Waals surface area contributed by atoms with Crippen molar-refractivity contribution in [2.75, 3.05) is 7.05 Å². The van der Waals surface area contributed by atoms with Gasteiger partial charge in [-0.1, -0.05) is 38.1 Å². The van der Waals surface area contributed by atoms with Crippen molar-refractivity contribution in [3.8, 4) is 0 Å². The fourth-order valence-corrected chi connectivity index (χ4v) is 2.47. The summed E-state index contributed by atoms with van der Waals surface area (Å²) in [7, 11) is 2.00. The molecule has 0 fully saturated rings. The molecule has 20 heavy (non-hydrogen) atoms. The SMILES string of the molecule is CNC(Cc1ccc(Br)cn1)c1ccc(C(C)C)cc1. The Kier molecular flexibility index (Phi) is 5.32. The zero-order chi connectivity index (χ0) is 14.5. The van der Waals surface area contributed by atoms with E-state index in [0.29, 0.717) is 12.0 Å². The lowest BCUT2D eigenvalue weighted by atomic mass is 9.97. The third-order valence-corrected chi connectivity index (χ3v) is 4.02. The highest BCUT2D eigenvalue weighted by molar-refractivity contribution is 9.10. The summed E-state index contributed by atoms with van der Waals surface area (Å²) in [6.07, 6.45) is 2.74. The van der Waals surface area contributed by atoms with Crippen LogP contribution in [0.15, 0.2) is 47.1 Å². The van der Waals surface area contributed by atoms with Gasteiger partial charge in [0.2, 0.25) is 0 Å². The van der Waals surface area contributed by atoms with Gasteiger partial charge >= 0.3 is 0 Å². The maximum Gasteiger partial charge on any atom is 0.0423 e. The molecule has 3 heteroatoms. The Morgan fingerprint density at radius 3 is 2.20 bits per heavy atom. The van der Waals surface area contributed by atoms with Crippen LogP contribution < -0.4 is 5.32 Å². The summed E-state index contributed by atoms with van der Waals surface area (Å²) in [4.78, 5) is 4.45. The van der Waals surface area contributed by atoms with Crippen molar-refractivity contribution in [2.45, 2.75) is 32.2 Å². The molecule has 0 radical (unpaired) electrons. The van der Waals surface area contributed by atoms with Crippen LogP contribution in [-0.2, 0) is 6.42 Å². The Morgan fingerprint density at radius 1 is 1.05 bits per heavy atom. The molecule has 2 nitrogen and oxygen atoms in total. The molecule has 1 unspecified atom stereocenters. The second-order valence-electron chi connectivity index (χ2n) is 5.33. The van der Waals surface area contributed by atoms with E-state index >= 15 is 0 Å². The van der Waals surface area contributed by atoms with E-state index in [9.17, 15) is 0 Å². The molecule has 1 heterocycles. The first kappa shape index (κ1) is 15.2. The molecule has 2 aromatic rings. The zero-order valence-electron chi connectivity index (χ0n) is 12.2. The van der Waals surface area contributed by atoms with Gasteiger partial charge in [-0.3, -0.25) is 4.98 Å². The number of pyridine rings is 1. The lowest BCUT2D eigenvalue weighted by Crippen LogP contribution is -2.19. The largest absolute Gasteiger partial charge is 0.313 e. The predicted octanol–water partition coefficient (Wildman–Crippen LogP) is 4.47. The monoisotopic (exact) mass is 332 g/mol. The van der Waals surface area contributed by atoms with E-state index in [-0.39, 0.29) is 0 Å². The van der Waals surface area contributed by atoms with Crippen LogP contribution in [-0.4, -0.2) is 12.0 Å². The lowest BCUT2D eigenvalue weighted by molar-refractivity contribution is 0.584. The molecule has 0 bridgehead atoms. The molecular weight excluding hydrogens is 312 g/mol. The minimum absolute atomic E-state index is 0.296. The molecule has 2 rings (SSSR count). The maximum atomic E-state index is 4.45. The Morgan fingerprint density at radius 2 is 1.70 bits per heavy atom. The van der Waals surface area contributed by atoms with Crippen LogP contribution in [0.1, 0.15) is 42.6 Å². The standard InChI is InChI=1S/C17H21BrN2/c1-12(2)13-4-6-14(7-5-13)17(19-3)10-16-9-8-15(18)11-20-16/h4-9,11-12,17,19H,10H2,1-3H3. The Bertz CT molecular complexity index is 532. The number of hydrogen-bond donors (Lipinski definition) is 1. The van der Waals surface area contributed by atoms with Gasteiger partial charge in [-0.2, -0.15) is 0 Å². The van der Waals surface area contributed by atoms with Gasteiger partial charge in [-0.05, 0) is 52.2 Å². The molecule has 0 aliphatic heterocycles. The van der Waals surface area contributed by atoms with E-state index in [1.54, 1.807) is 0 Å². The average Bonchev–Trinajstić information content (AvgIpc) is 2.47. The average molecular weight is 333 g/mol. The summed E-state index contributed by atoms with van der Waals surface area (Å²) in [5.41, 5.74) is 3.78. The number of hydrogen-bond acceptors (Lipinski definition) is 2. The number of halogens is 1. The van der Waals surface area contributed by atoms with E-state index in [4.69, 9.17) is 0 Å². The van der Waals surface area contributed by atoms with Gasteiger partial charge in [0, 0.05) is 28.8 Å². The second-order valence-corrected chi connectivity index (χ2v) is 6.25. The first-order valence-electron chi connectivity index (χ1n) is 6.97. The van der Waals surface area contributed by atoms with Crippen LogP contribution in [0.2, 0.25) is 0 Å². The molecule has 1 aromatic heterocycles. The highest BCUT2D eigenvalue weighted by atomic mass is 79.9. The fourth-order valence-electron chi connectivity index (χ4n) is 2.24. The van der Waals surface area contributed by atoms with Crippen LogP contribution in [0.3, 0.4) is 0 Å². The summed E-state index contributed by atoms with van der Waals surface area (Å²) >= 11 is 3.42. The van der Waals surface area contributed by atoms with Gasteiger partial charge in [0.25, 0.3) is 0 Å². The van der Waals surface area contributed by atoms with E-state index in [1.165, 1.54) is 11.1 Å². The van der Waals surface area contributed by atoms with Crippen molar-refractivity contribution >= 4 is 15.9 Å².